The first-order valence-electron chi connectivity index (χ1n) is 6.84. The molecule has 0 spiro atoms. The van der Waals surface area contributed by atoms with Crippen LogP contribution >= 0.6 is 11.6 Å². The van der Waals surface area contributed by atoms with Crippen molar-refractivity contribution in [2.24, 2.45) is 5.92 Å². The summed E-state index contributed by atoms with van der Waals surface area (Å²) in [6.07, 6.45) is 2.89. The number of aromatic nitrogens is 2. The fourth-order valence-electron chi connectivity index (χ4n) is 3.15. The van der Waals surface area contributed by atoms with Gasteiger partial charge in [-0.2, -0.15) is 5.10 Å². The van der Waals surface area contributed by atoms with Crippen LogP contribution in [0, 0.1) is 5.92 Å². The second kappa shape index (κ2) is 4.80. The predicted octanol–water partition coefficient (Wildman–Crippen LogP) is 1.28. The molecule has 2 aliphatic heterocycles. The maximum Gasteiger partial charge on any atom is 0.287 e. The van der Waals surface area contributed by atoms with Crippen molar-refractivity contribution in [2.45, 2.75) is 32.4 Å². The normalized spacial score (nSPS) is 26.2. The van der Waals surface area contributed by atoms with Crippen molar-refractivity contribution in [3.8, 4) is 0 Å². The first-order chi connectivity index (χ1) is 9.09. The van der Waals surface area contributed by atoms with Crippen LogP contribution in [0.2, 0.25) is 5.02 Å². The van der Waals surface area contributed by atoms with Crippen molar-refractivity contribution in [3.05, 3.63) is 21.6 Å². The Kier molecular flexibility index (Phi) is 3.27. The quantitative estimate of drug-likeness (QED) is 0.888. The Morgan fingerprint density at radius 2 is 2.26 bits per heavy atom. The van der Waals surface area contributed by atoms with Gasteiger partial charge in [-0.25, -0.2) is 4.68 Å². The monoisotopic (exact) mass is 282 g/mol. The summed E-state index contributed by atoms with van der Waals surface area (Å²) in [5.74, 6) is 0.670. The molecule has 0 unspecified atom stereocenters. The van der Waals surface area contributed by atoms with E-state index in [9.17, 15) is 4.79 Å². The summed E-state index contributed by atoms with van der Waals surface area (Å²) < 4.78 is 1.44. The third-order valence-electron chi connectivity index (χ3n) is 4.17. The maximum absolute atomic E-state index is 12.2. The molecule has 0 radical (unpaired) electrons. The highest BCUT2D eigenvalue weighted by Crippen LogP contribution is 2.34. The number of anilines is 1. The van der Waals surface area contributed by atoms with Crippen LogP contribution in [0.1, 0.15) is 26.3 Å². The Morgan fingerprint density at radius 1 is 1.47 bits per heavy atom. The summed E-state index contributed by atoms with van der Waals surface area (Å²) in [5, 5.41) is 7.96. The van der Waals surface area contributed by atoms with Gasteiger partial charge in [-0.05, 0) is 26.2 Å². The molecule has 6 heteroatoms. The molecular formula is C13H19ClN4O. The molecule has 1 N–H and O–H groups in total. The lowest BCUT2D eigenvalue weighted by Crippen LogP contribution is -2.36. The molecule has 2 fully saturated rings. The molecule has 0 aliphatic carbocycles. The van der Waals surface area contributed by atoms with Crippen molar-refractivity contribution in [2.75, 3.05) is 24.5 Å². The van der Waals surface area contributed by atoms with Gasteiger partial charge in [0.05, 0.1) is 17.9 Å². The molecule has 1 aromatic heterocycles. The van der Waals surface area contributed by atoms with Crippen LogP contribution in [0.15, 0.2) is 11.0 Å². The topological polar surface area (TPSA) is 50.2 Å². The molecule has 5 nitrogen and oxygen atoms in total. The zero-order valence-electron chi connectivity index (χ0n) is 11.3. The molecule has 3 rings (SSSR count). The molecule has 19 heavy (non-hydrogen) atoms. The average Bonchev–Trinajstić information content (AvgIpc) is 2.95. The lowest BCUT2D eigenvalue weighted by Gasteiger charge is -2.26. The van der Waals surface area contributed by atoms with E-state index >= 15 is 0 Å². The molecule has 2 aliphatic rings. The summed E-state index contributed by atoms with van der Waals surface area (Å²) in [5.41, 5.74) is 0.600. The van der Waals surface area contributed by atoms with Gasteiger partial charge < -0.3 is 10.2 Å². The largest absolute Gasteiger partial charge is 0.364 e. The molecule has 1 aromatic rings. The number of fused-ring (bicyclic) bond motifs is 1. The predicted molar refractivity (Wildman–Crippen MR) is 76.0 cm³/mol. The van der Waals surface area contributed by atoms with E-state index in [0.717, 1.165) is 31.7 Å². The van der Waals surface area contributed by atoms with Gasteiger partial charge in [0.2, 0.25) is 0 Å². The fourth-order valence-corrected chi connectivity index (χ4v) is 3.40. The molecule has 104 valence electrons. The lowest BCUT2D eigenvalue weighted by atomic mass is 10.1. The smallest absolute Gasteiger partial charge is 0.287 e. The Labute approximate surface area is 117 Å². The molecular weight excluding hydrogens is 264 g/mol. The van der Waals surface area contributed by atoms with Gasteiger partial charge in [0, 0.05) is 25.7 Å². The number of halogens is 1. The Hall–Kier alpha value is -1.07. The zero-order chi connectivity index (χ0) is 13.6. The number of nitrogens with one attached hydrogen (secondary N) is 1. The van der Waals surface area contributed by atoms with Crippen LogP contribution < -0.4 is 15.8 Å². The third kappa shape index (κ3) is 2.05. The molecule has 2 saturated heterocycles. The highest BCUT2D eigenvalue weighted by atomic mass is 35.5. The van der Waals surface area contributed by atoms with Gasteiger partial charge in [0.1, 0.15) is 5.02 Å². The van der Waals surface area contributed by atoms with Gasteiger partial charge in [0.15, 0.2) is 0 Å². The van der Waals surface area contributed by atoms with E-state index < -0.39 is 0 Å². The van der Waals surface area contributed by atoms with Crippen LogP contribution in [0.25, 0.3) is 0 Å². The molecule has 0 aromatic carbocycles. The summed E-state index contributed by atoms with van der Waals surface area (Å²) in [7, 11) is 0. The van der Waals surface area contributed by atoms with Crippen LogP contribution in [-0.2, 0) is 0 Å². The minimum Gasteiger partial charge on any atom is -0.364 e. The van der Waals surface area contributed by atoms with E-state index in [-0.39, 0.29) is 11.6 Å². The minimum atomic E-state index is -0.191. The van der Waals surface area contributed by atoms with Crippen LogP contribution in [-0.4, -0.2) is 35.5 Å². The van der Waals surface area contributed by atoms with Gasteiger partial charge in [-0.1, -0.05) is 11.6 Å². The van der Waals surface area contributed by atoms with Crippen molar-refractivity contribution in [3.63, 3.8) is 0 Å². The summed E-state index contributed by atoms with van der Waals surface area (Å²) in [6, 6.07) is 0.479. The first-order valence-corrected chi connectivity index (χ1v) is 7.22. The van der Waals surface area contributed by atoms with E-state index in [1.54, 1.807) is 6.20 Å². The highest BCUT2D eigenvalue weighted by Gasteiger charge is 2.38. The second-order valence-corrected chi connectivity index (χ2v) is 6.03. The zero-order valence-corrected chi connectivity index (χ0v) is 12.0. The van der Waals surface area contributed by atoms with E-state index in [1.165, 1.54) is 4.68 Å². The van der Waals surface area contributed by atoms with Crippen molar-refractivity contribution >= 4 is 17.3 Å². The summed E-state index contributed by atoms with van der Waals surface area (Å²) in [6.45, 7) is 6.85. The molecule has 0 bridgehead atoms. The van der Waals surface area contributed by atoms with E-state index in [2.05, 4.69) is 15.3 Å². The molecule has 2 atom stereocenters. The Bertz CT molecular complexity index is 542. The molecule has 0 amide bonds. The number of hydrogen-bond acceptors (Lipinski definition) is 4. The van der Waals surface area contributed by atoms with Crippen molar-refractivity contribution in [1.82, 2.24) is 15.1 Å². The first kappa shape index (κ1) is 12.9. The lowest BCUT2D eigenvalue weighted by molar-refractivity contribution is 0.501. The fraction of sp³-hybridized carbons (Fsp3) is 0.692. The van der Waals surface area contributed by atoms with Gasteiger partial charge in [-0.15, -0.1) is 0 Å². The average molecular weight is 283 g/mol. The van der Waals surface area contributed by atoms with Gasteiger partial charge in [-0.3, -0.25) is 4.79 Å². The number of hydrogen-bond donors (Lipinski definition) is 1. The van der Waals surface area contributed by atoms with Crippen LogP contribution in [0.3, 0.4) is 0 Å². The summed E-state index contributed by atoms with van der Waals surface area (Å²) in [4.78, 5) is 14.4. The number of nitrogens with zero attached hydrogens (tertiary/aromatic N) is 3. The van der Waals surface area contributed by atoms with E-state index in [1.807, 2.05) is 13.8 Å². The Morgan fingerprint density at radius 3 is 3.00 bits per heavy atom. The van der Waals surface area contributed by atoms with Gasteiger partial charge >= 0.3 is 0 Å². The van der Waals surface area contributed by atoms with E-state index in [0.29, 0.717) is 17.0 Å². The third-order valence-corrected chi connectivity index (χ3v) is 4.52. The summed E-state index contributed by atoms with van der Waals surface area (Å²) >= 11 is 6.28. The minimum absolute atomic E-state index is 0.0264. The van der Waals surface area contributed by atoms with Crippen molar-refractivity contribution in [1.29, 1.82) is 0 Å². The van der Waals surface area contributed by atoms with Crippen LogP contribution in [0.5, 0.6) is 0 Å². The Balaban J connectivity index is 1.98. The molecule has 0 saturated carbocycles. The van der Waals surface area contributed by atoms with E-state index in [4.69, 9.17) is 11.6 Å². The van der Waals surface area contributed by atoms with Gasteiger partial charge in [0.25, 0.3) is 5.56 Å². The highest BCUT2D eigenvalue weighted by molar-refractivity contribution is 6.33. The maximum atomic E-state index is 12.2. The number of rotatable bonds is 2. The van der Waals surface area contributed by atoms with Crippen LogP contribution in [0.4, 0.5) is 5.69 Å². The standard InChI is InChI=1S/C13H19ClN4O/c1-8(2)18-13(19)12(14)11(7-16-18)17-4-3-9-5-15-6-10(9)17/h7-10,15H,3-6H2,1-2H3/t9-,10+/m0/s1. The van der Waals surface area contributed by atoms with Crippen molar-refractivity contribution < 1.29 is 0 Å². The SMILES string of the molecule is CC(C)n1ncc(N2CC[C@H]3CNC[C@H]32)c(Cl)c1=O. The molecule has 3 heterocycles. The second-order valence-electron chi connectivity index (χ2n) is 5.66.